The van der Waals surface area contributed by atoms with E-state index in [0.717, 1.165) is 17.7 Å². The third-order valence-electron chi connectivity index (χ3n) is 4.82. The van der Waals surface area contributed by atoms with Crippen LogP contribution >= 0.6 is 0 Å². The molecule has 1 aliphatic rings. The van der Waals surface area contributed by atoms with Gasteiger partial charge in [0.1, 0.15) is 12.1 Å². The summed E-state index contributed by atoms with van der Waals surface area (Å²) in [6.07, 6.45) is 1.77. The topological polar surface area (TPSA) is 122 Å². The lowest BCUT2D eigenvalue weighted by Gasteiger charge is -2.22. The Balaban J connectivity index is 2.06. The first kappa shape index (κ1) is 21.3. The van der Waals surface area contributed by atoms with Crippen LogP contribution < -0.4 is 10.6 Å². The van der Waals surface area contributed by atoms with Crippen molar-refractivity contribution in [1.82, 2.24) is 15.5 Å². The Kier molecular flexibility index (Phi) is 6.37. The molecule has 0 saturated carbocycles. The highest BCUT2D eigenvalue weighted by molar-refractivity contribution is 6.09. The van der Waals surface area contributed by atoms with Crippen molar-refractivity contribution in [3.8, 4) is 0 Å². The van der Waals surface area contributed by atoms with E-state index in [2.05, 4.69) is 24.5 Å². The molecule has 0 aromatic heterocycles. The third kappa shape index (κ3) is 4.65. The van der Waals surface area contributed by atoms with Gasteiger partial charge >= 0.3 is 6.03 Å². The fourth-order valence-corrected chi connectivity index (χ4v) is 3.07. The Hall–Kier alpha value is -2.97. The number of imide groups is 1. The van der Waals surface area contributed by atoms with Gasteiger partial charge in [-0.25, -0.2) is 4.79 Å². The lowest BCUT2D eigenvalue weighted by molar-refractivity contribution is -0.384. The van der Waals surface area contributed by atoms with Gasteiger partial charge in [-0.05, 0) is 50.3 Å². The van der Waals surface area contributed by atoms with Gasteiger partial charge in [0.15, 0.2) is 0 Å². The van der Waals surface area contributed by atoms with Crippen molar-refractivity contribution in [2.45, 2.75) is 52.1 Å². The van der Waals surface area contributed by atoms with Crippen molar-refractivity contribution in [3.05, 3.63) is 39.9 Å². The van der Waals surface area contributed by atoms with Crippen molar-refractivity contribution in [2.24, 2.45) is 5.92 Å². The molecule has 2 rings (SSSR count). The molecular formula is C19H26N4O5. The number of urea groups is 1. The molecule has 2 N–H and O–H groups in total. The average molecular weight is 390 g/mol. The van der Waals surface area contributed by atoms with Crippen LogP contribution in [0.5, 0.6) is 0 Å². The molecule has 1 saturated heterocycles. The van der Waals surface area contributed by atoms with Crippen molar-refractivity contribution in [1.29, 1.82) is 0 Å². The average Bonchev–Trinajstić information content (AvgIpc) is 2.84. The Morgan fingerprint density at radius 1 is 1.21 bits per heavy atom. The van der Waals surface area contributed by atoms with Crippen molar-refractivity contribution < 1.29 is 19.3 Å². The second kappa shape index (κ2) is 8.37. The normalized spacial score (nSPS) is 20.2. The number of nitrogens with zero attached hydrogens (tertiary/aromatic N) is 2. The van der Waals surface area contributed by atoms with Crippen LogP contribution in [0.2, 0.25) is 0 Å². The van der Waals surface area contributed by atoms with E-state index in [-0.39, 0.29) is 18.3 Å². The van der Waals surface area contributed by atoms with Crippen LogP contribution in [0.1, 0.15) is 46.1 Å². The van der Waals surface area contributed by atoms with Gasteiger partial charge in [-0.2, -0.15) is 0 Å². The van der Waals surface area contributed by atoms with Crippen molar-refractivity contribution >= 4 is 23.5 Å². The van der Waals surface area contributed by atoms with Crippen LogP contribution in [0.15, 0.2) is 24.3 Å². The molecule has 2 atom stereocenters. The van der Waals surface area contributed by atoms with E-state index in [9.17, 15) is 24.5 Å². The van der Waals surface area contributed by atoms with Gasteiger partial charge < -0.3 is 10.6 Å². The Bertz CT molecular complexity index is 777. The molecule has 9 nitrogen and oxygen atoms in total. The largest absolute Gasteiger partial charge is 0.352 e. The molecule has 1 aliphatic heterocycles. The maximum absolute atomic E-state index is 12.8. The first-order valence-corrected chi connectivity index (χ1v) is 9.23. The van der Waals surface area contributed by atoms with E-state index in [1.807, 2.05) is 6.92 Å². The number of carbonyl (C=O) groups is 3. The maximum atomic E-state index is 12.8. The highest BCUT2D eigenvalue weighted by Crippen LogP contribution is 2.29. The second-order valence-electron chi connectivity index (χ2n) is 7.69. The SMILES string of the molecule is CC(C)CCC(C)NC(=O)CN1C(=O)NC(C)(c2ccc([N+](=O)[O-])cc2)C1=O. The van der Waals surface area contributed by atoms with E-state index in [0.29, 0.717) is 11.5 Å². The standard InChI is InChI=1S/C19H26N4O5/c1-12(2)5-6-13(3)20-16(24)11-22-17(25)19(4,21-18(22)26)14-7-9-15(10-8-14)23(27)28/h7-10,12-13H,5-6,11H2,1-4H3,(H,20,24)(H,21,26). The van der Waals surface area contributed by atoms with Crippen molar-refractivity contribution in [3.63, 3.8) is 0 Å². The summed E-state index contributed by atoms with van der Waals surface area (Å²) in [7, 11) is 0. The molecule has 0 spiro atoms. The number of hydrogen-bond donors (Lipinski definition) is 2. The minimum atomic E-state index is -1.38. The van der Waals surface area contributed by atoms with E-state index >= 15 is 0 Å². The molecule has 152 valence electrons. The molecule has 1 aromatic carbocycles. The molecule has 0 aliphatic carbocycles. The number of benzene rings is 1. The highest BCUT2D eigenvalue weighted by atomic mass is 16.6. The second-order valence-corrected chi connectivity index (χ2v) is 7.69. The molecule has 9 heteroatoms. The zero-order valence-electron chi connectivity index (χ0n) is 16.5. The Morgan fingerprint density at radius 3 is 2.36 bits per heavy atom. The van der Waals surface area contributed by atoms with Crippen LogP contribution in [0.3, 0.4) is 0 Å². The summed E-state index contributed by atoms with van der Waals surface area (Å²) in [5.74, 6) is -0.461. The quantitative estimate of drug-likeness (QED) is 0.401. The Morgan fingerprint density at radius 2 is 1.82 bits per heavy atom. The predicted octanol–water partition coefficient (Wildman–Crippen LogP) is 2.30. The zero-order valence-corrected chi connectivity index (χ0v) is 16.5. The number of nitrogens with one attached hydrogen (secondary N) is 2. The summed E-state index contributed by atoms with van der Waals surface area (Å²) < 4.78 is 0. The minimum absolute atomic E-state index is 0.0586. The third-order valence-corrected chi connectivity index (χ3v) is 4.82. The summed E-state index contributed by atoms with van der Waals surface area (Å²) in [4.78, 5) is 48.5. The number of amides is 4. The smallest absolute Gasteiger partial charge is 0.325 e. The fourth-order valence-electron chi connectivity index (χ4n) is 3.07. The maximum Gasteiger partial charge on any atom is 0.325 e. The number of carbonyl (C=O) groups excluding carboxylic acids is 3. The first-order valence-electron chi connectivity index (χ1n) is 9.23. The number of hydrogen-bond acceptors (Lipinski definition) is 5. The summed E-state index contributed by atoms with van der Waals surface area (Å²) in [6, 6.07) is 4.66. The number of non-ortho nitro benzene ring substituents is 1. The lowest BCUT2D eigenvalue weighted by Crippen LogP contribution is -2.45. The van der Waals surface area contributed by atoms with E-state index in [1.165, 1.54) is 31.2 Å². The van der Waals surface area contributed by atoms with Gasteiger partial charge in [0.25, 0.3) is 11.6 Å². The van der Waals surface area contributed by atoms with Crippen LogP contribution in [-0.2, 0) is 15.1 Å². The number of nitro groups is 1. The fraction of sp³-hybridized carbons (Fsp3) is 0.526. The summed E-state index contributed by atoms with van der Waals surface area (Å²) in [6.45, 7) is 7.21. The molecule has 0 bridgehead atoms. The lowest BCUT2D eigenvalue weighted by atomic mass is 9.92. The van der Waals surface area contributed by atoms with E-state index in [1.54, 1.807) is 0 Å². The molecule has 1 aromatic rings. The number of rotatable bonds is 8. The molecule has 2 unspecified atom stereocenters. The molecule has 1 fully saturated rings. The Labute approximate surface area is 163 Å². The predicted molar refractivity (Wildman–Crippen MR) is 102 cm³/mol. The summed E-state index contributed by atoms with van der Waals surface area (Å²) >= 11 is 0. The monoisotopic (exact) mass is 390 g/mol. The van der Waals surface area contributed by atoms with Crippen molar-refractivity contribution in [2.75, 3.05) is 6.54 Å². The molecule has 1 heterocycles. The van der Waals surface area contributed by atoms with Gasteiger partial charge in [-0.15, -0.1) is 0 Å². The molecular weight excluding hydrogens is 364 g/mol. The van der Waals surface area contributed by atoms with Crippen LogP contribution in [0, 0.1) is 16.0 Å². The number of nitro benzene ring substituents is 1. The van der Waals surface area contributed by atoms with Gasteiger partial charge in [0, 0.05) is 18.2 Å². The van der Waals surface area contributed by atoms with Gasteiger partial charge in [0.05, 0.1) is 4.92 Å². The molecule has 4 amide bonds. The van der Waals surface area contributed by atoms with Crippen LogP contribution in [0.25, 0.3) is 0 Å². The van der Waals surface area contributed by atoms with Gasteiger partial charge in [0.2, 0.25) is 5.91 Å². The molecule has 28 heavy (non-hydrogen) atoms. The van der Waals surface area contributed by atoms with Gasteiger partial charge in [-0.3, -0.25) is 24.6 Å². The zero-order chi connectivity index (χ0) is 21.1. The van der Waals surface area contributed by atoms with Gasteiger partial charge in [-0.1, -0.05) is 13.8 Å². The summed E-state index contributed by atoms with van der Waals surface area (Å²) in [5.41, 5.74) is -1.09. The molecule has 0 radical (unpaired) electrons. The van der Waals surface area contributed by atoms with Crippen LogP contribution in [-0.4, -0.2) is 40.3 Å². The first-order chi connectivity index (χ1) is 13.0. The minimum Gasteiger partial charge on any atom is -0.352 e. The van der Waals surface area contributed by atoms with E-state index < -0.39 is 28.3 Å². The van der Waals surface area contributed by atoms with E-state index in [4.69, 9.17) is 0 Å². The highest BCUT2D eigenvalue weighted by Gasteiger charge is 2.49. The summed E-state index contributed by atoms with van der Waals surface area (Å²) in [5, 5.41) is 16.2. The van der Waals surface area contributed by atoms with Crippen LogP contribution in [0.4, 0.5) is 10.5 Å².